The van der Waals surface area contributed by atoms with Crippen LogP contribution in [0.15, 0.2) is 28.9 Å². The molecule has 1 aromatic heterocycles. The smallest absolute Gasteiger partial charge is 0.212 e. The van der Waals surface area contributed by atoms with E-state index in [1.807, 2.05) is 0 Å². The number of aromatic nitrogens is 3. The quantitative estimate of drug-likeness (QED) is 0.801. The lowest BCUT2D eigenvalue weighted by Gasteiger charge is -2.02. The number of halogens is 2. The van der Waals surface area contributed by atoms with E-state index in [4.69, 9.17) is 11.6 Å². The Morgan fingerprint density at radius 3 is 2.75 bits per heavy atom. The topological polar surface area (TPSA) is 47.8 Å². The van der Waals surface area contributed by atoms with Crippen molar-refractivity contribution in [1.29, 1.82) is 0 Å². The van der Waals surface area contributed by atoms with Crippen molar-refractivity contribution >= 4 is 33.3 Å². The van der Waals surface area contributed by atoms with Crippen molar-refractivity contribution in [2.75, 3.05) is 0 Å². The molecule has 16 heavy (non-hydrogen) atoms. The third-order valence-corrected chi connectivity index (χ3v) is 2.75. The number of ketones is 1. The van der Waals surface area contributed by atoms with Gasteiger partial charge in [-0.3, -0.25) is 4.79 Å². The average molecular weight is 301 g/mol. The average Bonchev–Trinajstić information content (AvgIpc) is 2.62. The highest BCUT2D eigenvalue weighted by Gasteiger charge is 2.14. The summed E-state index contributed by atoms with van der Waals surface area (Å²) in [5.74, 6) is -0.157. The Morgan fingerprint density at radius 1 is 1.44 bits per heavy atom. The molecule has 2 aromatic rings. The highest BCUT2D eigenvalue weighted by molar-refractivity contribution is 9.10. The molecule has 1 heterocycles. The fraction of sp³-hybridized carbons (Fsp3) is 0.100. The fourth-order valence-electron chi connectivity index (χ4n) is 1.33. The summed E-state index contributed by atoms with van der Waals surface area (Å²) >= 11 is 9.16. The standard InChI is InChI=1S/C10H7BrClN3O/c1-15-9(5-13-14-15)10(16)6-2-7(11)4-8(12)3-6/h2-5H,1H3. The number of carbonyl (C=O) groups excluding carboxylic acids is 1. The summed E-state index contributed by atoms with van der Waals surface area (Å²) in [7, 11) is 1.67. The largest absolute Gasteiger partial charge is 0.287 e. The van der Waals surface area contributed by atoms with E-state index in [0.29, 0.717) is 16.3 Å². The van der Waals surface area contributed by atoms with Crippen LogP contribution in [-0.2, 0) is 7.05 Å². The van der Waals surface area contributed by atoms with Gasteiger partial charge in [-0.1, -0.05) is 32.7 Å². The van der Waals surface area contributed by atoms with E-state index in [9.17, 15) is 4.79 Å². The van der Waals surface area contributed by atoms with Gasteiger partial charge in [-0.15, -0.1) is 5.10 Å². The van der Waals surface area contributed by atoms with E-state index in [1.165, 1.54) is 10.9 Å². The molecule has 4 nitrogen and oxygen atoms in total. The van der Waals surface area contributed by atoms with Crippen LogP contribution in [0.1, 0.15) is 16.1 Å². The van der Waals surface area contributed by atoms with E-state index in [-0.39, 0.29) is 5.78 Å². The first-order chi connectivity index (χ1) is 7.58. The summed E-state index contributed by atoms with van der Waals surface area (Å²) in [5.41, 5.74) is 0.930. The SMILES string of the molecule is Cn1nncc1C(=O)c1cc(Cl)cc(Br)c1. The Bertz CT molecular complexity index is 532. The van der Waals surface area contributed by atoms with Gasteiger partial charge in [-0.25, -0.2) is 4.68 Å². The molecule has 6 heteroatoms. The number of rotatable bonds is 2. The summed E-state index contributed by atoms with van der Waals surface area (Å²) < 4.78 is 2.19. The molecule has 0 bridgehead atoms. The van der Waals surface area contributed by atoms with Crippen LogP contribution >= 0.6 is 27.5 Å². The van der Waals surface area contributed by atoms with Crippen molar-refractivity contribution in [2.24, 2.45) is 7.05 Å². The molecule has 0 N–H and O–H groups in total. The van der Waals surface area contributed by atoms with Gasteiger partial charge in [-0.2, -0.15) is 0 Å². The van der Waals surface area contributed by atoms with Crippen LogP contribution in [0.2, 0.25) is 5.02 Å². The Labute approximate surface area is 105 Å². The number of hydrogen-bond donors (Lipinski definition) is 0. The maximum Gasteiger partial charge on any atom is 0.212 e. The Kier molecular flexibility index (Phi) is 3.07. The van der Waals surface area contributed by atoms with Gasteiger partial charge in [0.1, 0.15) is 5.69 Å². The van der Waals surface area contributed by atoms with E-state index >= 15 is 0 Å². The van der Waals surface area contributed by atoms with Crippen LogP contribution in [0, 0.1) is 0 Å². The number of carbonyl (C=O) groups is 1. The molecule has 0 saturated heterocycles. The van der Waals surface area contributed by atoms with Crippen LogP contribution in [0.4, 0.5) is 0 Å². The van der Waals surface area contributed by atoms with Crippen LogP contribution < -0.4 is 0 Å². The van der Waals surface area contributed by atoms with Crippen molar-refractivity contribution in [3.8, 4) is 0 Å². The number of nitrogens with zero attached hydrogens (tertiary/aromatic N) is 3. The normalized spacial score (nSPS) is 10.4. The molecule has 2 rings (SSSR count). The summed E-state index contributed by atoms with van der Waals surface area (Å²) in [4.78, 5) is 12.1. The number of aryl methyl sites for hydroxylation is 1. The lowest BCUT2D eigenvalue weighted by Crippen LogP contribution is -2.08. The molecule has 0 unspecified atom stereocenters. The van der Waals surface area contributed by atoms with Gasteiger partial charge in [0.2, 0.25) is 5.78 Å². The van der Waals surface area contributed by atoms with Crippen molar-refractivity contribution in [3.05, 3.63) is 45.1 Å². The number of hydrogen-bond acceptors (Lipinski definition) is 3. The van der Waals surface area contributed by atoms with E-state index in [2.05, 4.69) is 26.2 Å². The molecule has 0 aliphatic rings. The van der Waals surface area contributed by atoms with Crippen molar-refractivity contribution < 1.29 is 4.79 Å². The van der Waals surface area contributed by atoms with Gasteiger partial charge < -0.3 is 0 Å². The second-order valence-corrected chi connectivity index (χ2v) is 4.58. The Morgan fingerprint density at radius 2 is 2.19 bits per heavy atom. The molecule has 0 spiro atoms. The third kappa shape index (κ3) is 2.15. The second-order valence-electron chi connectivity index (χ2n) is 3.23. The molecular weight excluding hydrogens is 293 g/mol. The van der Waals surface area contributed by atoms with E-state index in [0.717, 1.165) is 4.47 Å². The summed E-state index contributed by atoms with van der Waals surface area (Å²) in [6.45, 7) is 0. The minimum Gasteiger partial charge on any atom is -0.287 e. The van der Waals surface area contributed by atoms with Crippen molar-refractivity contribution in [1.82, 2.24) is 15.0 Å². The van der Waals surface area contributed by atoms with Gasteiger partial charge in [-0.05, 0) is 18.2 Å². The Hall–Kier alpha value is -1.20. The summed E-state index contributed by atoms with van der Waals surface area (Å²) in [5, 5.41) is 7.88. The predicted molar refractivity (Wildman–Crippen MR) is 63.6 cm³/mol. The van der Waals surface area contributed by atoms with Crippen LogP contribution in [-0.4, -0.2) is 20.8 Å². The third-order valence-electron chi connectivity index (χ3n) is 2.07. The van der Waals surface area contributed by atoms with E-state index < -0.39 is 0 Å². The molecule has 82 valence electrons. The maximum atomic E-state index is 12.1. The van der Waals surface area contributed by atoms with Crippen molar-refractivity contribution in [3.63, 3.8) is 0 Å². The van der Waals surface area contributed by atoms with Crippen LogP contribution in [0.5, 0.6) is 0 Å². The molecule has 1 aromatic carbocycles. The van der Waals surface area contributed by atoms with Crippen LogP contribution in [0.3, 0.4) is 0 Å². The second kappa shape index (κ2) is 4.35. The maximum absolute atomic E-state index is 12.1. The minimum atomic E-state index is -0.157. The molecule has 0 radical (unpaired) electrons. The first-order valence-corrected chi connectivity index (χ1v) is 5.60. The van der Waals surface area contributed by atoms with Gasteiger partial charge in [0.25, 0.3) is 0 Å². The highest BCUT2D eigenvalue weighted by atomic mass is 79.9. The summed E-state index contributed by atoms with van der Waals surface area (Å²) in [6, 6.07) is 5.04. The predicted octanol–water partition coefficient (Wildman–Crippen LogP) is 2.46. The minimum absolute atomic E-state index is 0.157. The van der Waals surface area contributed by atoms with Crippen molar-refractivity contribution in [2.45, 2.75) is 0 Å². The van der Waals surface area contributed by atoms with Gasteiger partial charge in [0.15, 0.2) is 0 Å². The zero-order valence-electron chi connectivity index (χ0n) is 8.32. The highest BCUT2D eigenvalue weighted by Crippen LogP contribution is 2.21. The fourth-order valence-corrected chi connectivity index (χ4v) is 2.19. The first-order valence-electron chi connectivity index (χ1n) is 4.43. The molecule has 0 aliphatic heterocycles. The lowest BCUT2D eigenvalue weighted by molar-refractivity contribution is 0.103. The van der Waals surface area contributed by atoms with Gasteiger partial charge in [0.05, 0.1) is 6.20 Å². The molecular formula is C10H7BrClN3O. The zero-order valence-corrected chi connectivity index (χ0v) is 10.7. The zero-order chi connectivity index (χ0) is 11.7. The van der Waals surface area contributed by atoms with Gasteiger partial charge >= 0.3 is 0 Å². The molecule has 0 saturated carbocycles. The first kappa shape index (κ1) is 11.3. The van der Waals surface area contributed by atoms with E-state index in [1.54, 1.807) is 25.2 Å². The molecule has 0 amide bonds. The van der Waals surface area contributed by atoms with Crippen LogP contribution in [0.25, 0.3) is 0 Å². The summed E-state index contributed by atoms with van der Waals surface area (Å²) in [6.07, 6.45) is 1.43. The number of benzene rings is 1. The molecule has 0 fully saturated rings. The molecule has 0 atom stereocenters. The Balaban J connectivity index is 2.45. The lowest BCUT2D eigenvalue weighted by atomic mass is 10.1. The monoisotopic (exact) mass is 299 g/mol. The molecule has 0 aliphatic carbocycles. The van der Waals surface area contributed by atoms with Gasteiger partial charge in [0, 0.05) is 22.1 Å².